The molecule has 1 aromatic rings. The summed E-state index contributed by atoms with van der Waals surface area (Å²) in [6.45, 7) is 2.23. The van der Waals surface area contributed by atoms with Crippen molar-refractivity contribution in [3.8, 4) is 0 Å². The van der Waals surface area contributed by atoms with Crippen molar-refractivity contribution in [1.29, 1.82) is 0 Å². The van der Waals surface area contributed by atoms with Crippen LogP contribution in [0.4, 0.5) is 0 Å². The monoisotopic (exact) mass is 207 g/mol. The Morgan fingerprint density at radius 1 is 1.07 bits per heavy atom. The molecule has 2 nitrogen and oxygen atoms in total. The van der Waals surface area contributed by atoms with E-state index in [1.807, 2.05) is 12.1 Å². The van der Waals surface area contributed by atoms with Gasteiger partial charge in [-0.2, -0.15) is 4.73 Å². The molecular formula is C13H21NO. The Kier molecular flexibility index (Phi) is 5.83. The van der Waals surface area contributed by atoms with E-state index in [1.165, 1.54) is 32.1 Å². The Morgan fingerprint density at radius 2 is 1.80 bits per heavy atom. The van der Waals surface area contributed by atoms with E-state index in [1.54, 1.807) is 12.3 Å². The van der Waals surface area contributed by atoms with Crippen LogP contribution < -0.4 is 4.73 Å². The second-order valence-electron chi connectivity index (χ2n) is 4.04. The fourth-order valence-corrected chi connectivity index (χ4v) is 1.74. The highest BCUT2D eigenvalue weighted by Crippen LogP contribution is 2.07. The van der Waals surface area contributed by atoms with Crippen molar-refractivity contribution in [1.82, 2.24) is 0 Å². The lowest BCUT2D eigenvalue weighted by Gasteiger charge is -2.03. The molecule has 0 aliphatic carbocycles. The lowest BCUT2D eigenvalue weighted by molar-refractivity contribution is -0.614. The number of hydrogen-bond donors (Lipinski definition) is 0. The molecule has 0 aliphatic rings. The van der Waals surface area contributed by atoms with Crippen LogP contribution in [0.15, 0.2) is 24.4 Å². The molecule has 2 heteroatoms. The SMILES string of the molecule is CCCCCCCCc1cccc[n+]1[O-]. The second-order valence-corrected chi connectivity index (χ2v) is 4.04. The molecule has 0 atom stereocenters. The molecule has 0 radical (unpaired) electrons. The highest BCUT2D eigenvalue weighted by atomic mass is 16.5. The largest absolute Gasteiger partial charge is 0.619 e. The summed E-state index contributed by atoms with van der Waals surface area (Å²) in [6.07, 6.45) is 10.1. The maximum absolute atomic E-state index is 11.3. The summed E-state index contributed by atoms with van der Waals surface area (Å²) in [5.41, 5.74) is 0.896. The number of nitrogens with zero attached hydrogens (tertiary/aromatic N) is 1. The Hall–Kier alpha value is -1.05. The zero-order valence-electron chi connectivity index (χ0n) is 9.61. The summed E-state index contributed by atoms with van der Waals surface area (Å²) in [6, 6.07) is 5.62. The van der Waals surface area contributed by atoms with Gasteiger partial charge in [0.05, 0.1) is 0 Å². The molecule has 0 N–H and O–H groups in total. The number of aryl methyl sites for hydroxylation is 1. The third-order valence-electron chi connectivity index (χ3n) is 2.69. The van der Waals surface area contributed by atoms with Crippen molar-refractivity contribution in [3.63, 3.8) is 0 Å². The van der Waals surface area contributed by atoms with Crippen molar-refractivity contribution in [2.45, 2.75) is 51.9 Å². The second kappa shape index (κ2) is 7.27. The molecule has 0 saturated heterocycles. The molecule has 1 rings (SSSR count). The van der Waals surface area contributed by atoms with Gasteiger partial charge in [-0.1, -0.05) is 45.1 Å². The molecule has 0 aromatic carbocycles. The first-order valence-corrected chi connectivity index (χ1v) is 6.01. The summed E-state index contributed by atoms with van der Waals surface area (Å²) in [4.78, 5) is 0. The summed E-state index contributed by atoms with van der Waals surface area (Å²) in [5.74, 6) is 0. The van der Waals surface area contributed by atoms with Gasteiger partial charge in [-0.15, -0.1) is 0 Å². The van der Waals surface area contributed by atoms with Gasteiger partial charge in [-0.25, -0.2) is 0 Å². The van der Waals surface area contributed by atoms with E-state index >= 15 is 0 Å². The lowest BCUT2D eigenvalue weighted by Crippen LogP contribution is -2.30. The maximum atomic E-state index is 11.3. The number of pyridine rings is 1. The average Bonchev–Trinajstić information content (AvgIpc) is 2.25. The fraction of sp³-hybridized carbons (Fsp3) is 0.615. The van der Waals surface area contributed by atoms with Gasteiger partial charge in [-0.05, 0) is 6.42 Å². The van der Waals surface area contributed by atoms with Gasteiger partial charge in [0, 0.05) is 18.6 Å². The maximum Gasteiger partial charge on any atom is 0.192 e. The highest BCUT2D eigenvalue weighted by Gasteiger charge is 2.01. The number of aromatic nitrogens is 1. The zero-order chi connectivity index (χ0) is 10.9. The van der Waals surface area contributed by atoms with E-state index in [4.69, 9.17) is 0 Å². The Morgan fingerprint density at radius 3 is 2.53 bits per heavy atom. The molecule has 0 amide bonds. The van der Waals surface area contributed by atoms with Gasteiger partial charge in [0.1, 0.15) is 0 Å². The molecule has 0 fully saturated rings. The van der Waals surface area contributed by atoms with E-state index in [0.717, 1.165) is 23.3 Å². The zero-order valence-corrected chi connectivity index (χ0v) is 9.61. The number of hydrogen-bond acceptors (Lipinski definition) is 1. The van der Waals surface area contributed by atoms with E-state index in [2.05, 4.69) is 6.92 Å². The molecule has 0 spiro atoms. The number of unbranched alkanes of at least 4 members (excludes halogenated alkanes) is 5. The molecule has 1 aromatic heterocycles. The molecule has 84 valence electrons. The van der Waals surface area contributed by atoms with Crippen molar-refractivity contribution in [3.05, 3.63) is 35.3 Å². The first kappa shape index (κ1) is 12.0. The Labute approximate surface area is 92.5 Å². The quantitative estimate of drug-likeness (QED) is 0.383. The van der Waals surface area contributed by atoms with E-state index in [9.17, 15) is 5.21 Å². The molecule has 1 heterocycles. The first-order valence-electron chi connectivity index (χ1n) is 6.01. The molecule has 15 heavy (non-hydrogen) atoms. The standard InChI is InChI=1S/C13H21NO/c1-2-3-4-5-6-7-10-13-11-8-9-12-14(13)15/h8-9,11-12H,2-7,10H2,1H3. The Bertz CT molecular complexity index is 273. The van der Waals surface area contributed by atoms with Gasteiger partial charge >= 0.3 is 0 Å². The minimum absolute atomic E-state index is 0.896. The van der Waals surface area contributed by atoms with Crippen LogP contribution in [0.3, 0.4) is 0 Å². The number of rotatable bonds is 7. The van der Waals surface area contributed by atoms with Crippen molar-refractivity contribution < 1.29 is 4.73 Å². The molecule has 0 aliphatic heterocycles. The highest BCUT2D eigenvalue weighted by molar-refractivity contribution is 4.97. The smallest absolute Gasteiger partial charge is 0.192 e. The van der Waals surface area contributed by atoms with E-state index < -0.39 is 0 Å². The van der Waals surface area contributed by atoms with Crippen LogP contribution in [0.1, 0.15) is 51.1 Å². The van der Waals surface area contributed by atoms with E-state index in [-0.39, 0.29) is 0 Å². The van der Waals surface area contributed by atoms with E-state index in [0.29, 0.717) is 0 Å². The van der Waals surface area contributed by atoms with Crippen LogP contribution in [0, 0.1) is 5.21 Å². The topological polar surface area (TPSA) is 26.9 Å². The van der Waals surface area contributed by atoms with Crippen LogP contribution in [0.2, 0.25) is 0 Å². The van der Waals surface area contributed by atoms with Crippen molar-refractivity contribution >= 4 is 0 Å². The molecule has 0 bridgehead atoms. The molecule has 0 saturated carbocycles. The van der Waals surface area contributed by atoms with Crippen LogP contribution >= 0.6 is 0 Å². The summed E-state index contributed by atoms with van der Waals surface area (Å²) in [5, 5.41) is 11.3. The van der Waals surface area contributed by atoms with Crippen LogP contribution in [-0.2, 0) is 6.42 Å². The summed E-state index contributed by atoms with van der Waals surface area (Å²) in [7, 11) is 0. The minimum atomic E-state index is 0.896. The van der Waals surface area contributed by atoms with Gasteiger partial charge in [0.15, 0.2) is 11.9 Å². The van der Waals surface area contributed by atoms with Gasteiger partial charge < -0.3 is 5.21 Å². The molecular weight excluding hydrogens is 186 g/mol. The van der Waals surface area contributed by atoms with Crippen LogP contribution in [-0.4, -0.2) is 0 Å². The predicted octanol–water partition coefficient (Wildman–Crippen LogP) is 3.22. The van der Waals surface area contributed by atoms with Crippen LogP contribution in [0.25, 0.3) is 0 Å². The average molecular weight is 207 g/mol. The van der Waals surface area contributed by atoms with Gasteiger partial charge in [0.2, 0.25) is 0 Å². The van der Waals surface area contributed by atoms with Crippen molar-refractivity contribution in [2.75, 3.05) is 0 Å². The summed E-state index contributed by atoms with van der Waals surface area (Å²) < 4.78 is 0.978. The van der Waals surface area contributed by atoms with Crippen molar-refractivity contribution in [2.24, 2.45) is 0 Å². The molecule has 0 unspecified atom stereocenters. The fourth-order valence-electron chi connectivity index (χ4n) is 1.74. The third-order valence-corrected chi connectivity index (χ3v) is 2.69. The van der Waals surface area contributed by atoms with Crippen LogP contribution in [0.5, 0.6) is 0 Å². The predicted molar refractivity (Wildman–Crippen MR) is 62.5 cm³/mol. The minimum Gasteiger partial charge on any atom is -0.619 e. The third kappa shape index (κ3) is 4.82. The lowest BCUT2D eigenvalue weighted by atomic mass is 10.1. The normalized spacial score (nSPS) is 10.5. The first-order chi connectivity index (χ1) is 7.34. The van der Waals surface area contributed by atoms with Gasteiger partial charge in [-0.3, -0.25) is 0 Å². The Balaban J connectivity index is 2.12. The summed E-state index contributed by atoms with van der Waals surface area (Å²) >= 11 is 0. The van der Waals surface area contributed by atoms with Gasteiger partial charge in [0.25, 0.3) is 0 Å².